The molecule has 2 aromatic rings. The van der Waals surface area contributed by atoms with Crippen molar-refractivity contribution in [3.63, 3.8) is 0 Å². The second kappa shape index (κ2) is 6.26. The number of hydrogen-bond acceptors (Lipinski definition) is 5. The maximum Gasteiger partial charge on any atom is 0.277 e. The molecule has 0 spiro atoms. The van der Waals surface area contributed by atoms with Crippen molar-refractivity contribution in [2.75, 3.05) is 19.0 Å². The molecule has 2 heterocycles. The highest BCUT2D eigenvalue weighted by Gasteiger charge is 2.37. The summed E-state index contributed by atoms with van der Waals surface area (Å²) in [4.78, 5) is 26.7. The Bertz CT molecular complexity index is 781. The van der Waals surface area contributed by atoms with Crippen molar-refractivity contribution in [2.45, 2.75) is 6.92 Å². The molecule has 6 heteroatoms. The third-order valence-electron chi connectivity index (χ3n) is 3.50. The standard InChI is InChI=1S/C17H16N2O3S/c1-3-22-12-8-5-4-7-11(12)18-15-14(13-9-6-10-23-13)16(20)19(2)17(15)21/h4-10,18H,3H2,1-2H3. The topological polar surface area (TPSA) is 58.6 Å². The monoisotopic (exact) mass is 328 g/mol. The number of rotatable bonds is 5. The lowest BCUT2D eigenvalue weighted by Crippen LogP contribution is -2.27. The lowest BCUT2D eigenvalue weighted by atomic mass is 10.2. The Morgan fingerprint density at radius 3 is 2.61 bits per heavy atom. The predicted octanol–water partition coefficient (Wildman–Crippen LogP) is 2.97. The largest absolute Gasteiger partial charge is 0.492 e. The van der Waals surface area contributed by atoms with E-state index in [2.05, 4.69) is 5.32 Å². The quantitative estimate of drug-likeness (QED) is 0.857. The molecule has 2 amide bonds. The third kappa shape index (κ3) is 2.73. The van der Waals surface area contributed by atoms with E-state index in [1.807, 2.05) is 48.7 Å². The molecule has 1 aliphatic rings. The molecule has 0 bridgehead atoms. The number of nitrogens with one attached hydrogen (secondary N) is 1. The molecule has 1 aromatic heterocycles. The van der Waals surface area contributed by atoms with Crippen molar-refractivity contribution in [3.8, 4) is 5.75 Å². The Balaban J connectivity index is 2.05. The number of carbonyl (C=O) groups excluding carboxylic acids is 2. The normalized spacial score (nSPS) is 14.6. The van der Waals surface area contributed by atoms with Gasteiger partial charge < -0.3 is 10.1 Å². The van der Waals surface area contributed by atoms with Gasteiger partial charge in [0.1, 0.15) is 11.4 Å². The van der Waals surface area contributed by atoms with E-state index < -0.39 is 0 Å². The van der Waals surface area contributed by atoms with Gasteiger partial charge in [0.25, 0.3) is 11.8 Å². The van der Waals surface area contributed by atoms with Gasteiger partial charge in [-0.05, 0) is 30.5 Å². The predicted molar refractivity (Wildman–Crippen MR) is 90.2 cm³/mol. The van der Waals surface area contributed by atoms with Gasteiger partial charge in [-0.3, -0.25) is 14.5 Å². The fourth-order valence-corrected chi connectivity index (χ4v) is 3.16. The Hall–Kier alpha value is -2.60. The first-order chi connectivity index (χ1) is 11.1. The van der Waals surface area contributed by atoms with Gasteiger partial charge in [0, 0.05) is 11.9 Å². The summed E-state index contributed by atoms with van der Waals surface area (Å²) in [6.45, 7) is 2.41. The Labute approximate surface area is 138 Å². The third-order valence-corrected chi connectivity index (χ3v) is 4.39. The van der Waals surface area contributed by atoms with Crippen LogP contribution in [0.15, 0.2) is 47.5 Å². The lowest BCUT2D eigenvalue weighted by molar-refractivity contribution is -0.135. The van der Waals surface area contributed by atoms with Gasteiger partial charge in [0.2, 0.25) is 0 Å². The van der Waals surface area contributed by atoms with Crippen LogP contribution in [0.2, 0.25) is 0 Å². The van der Waals surface area contributed by atoms with Crippen LogP contribution in [0.5, 0.6) is 5.75 Å². The van der Waals surface area contributed by atoms with Crippen LogP contribution < -0.4 is 10.1 Å². The molecule has 0 saturated carbocycles. The molecule has 3 rings (SSSR count). The molecule has 118 valence electrons. The summed E-state index contributed by atoms with van der Waals surface area (Å²) in [5, 5.41) is 4.97. The van der Waals surface area contributed by atoms with E-state index in [-0.39, 0.29) is 17.5 Å². The van der Waals surface area contributed by atoms with Gasteiger partial charge in [-0.25, -0.2) is 0 Å². The Morgan fingerprint density at radius 2 is 1.91 bits per heavy atom. The second-order valence-electron chi connectivity index (χ2n) is 4.95. The Morgan fingerprint density at radius 1 is 1.13 bits per heavy atom. The zero-order valence-electron chi connectivity index (χ0n) is 12.8. The molecule has 0 atom stereocenters. The molecule has 1 aliphatic heterocycles. The summed E-state index contributed by atoms with van der Waals surface area (Å²) >= 11 is 1.43. The summed E-state index contributed by atoms with van der Waals surface area (Å²) in [7, 11) is 1.49. The average molecular weight is 328 g/mol. The van der Waals surface area contributed by atoms with Crippen LogP contribution in [0.1, 0.15) is 11.8 Å². The van der Waals surface area contributed by atoms with Gasteiger partial charge in [-0.2, -0.15) is 0 Å². The highest BCUT2D eigenvalue weighted by atomic mass is 32.1. The number of carbonyl (C=O) groups is 2. The summed E-state index contributed by atoms with van der Waals surface area (Å²) in [6, 6.07) is 11.0. The minimum absolute atomic E-state index is 0.284. The SMILES string of the molecule is CCOc1ccccc1NC1=C(c2cccs2)C(=O)N(C)C1=O. The van der Waals surface area contributed by atoms with Gasteiger partial charge in [0.05, 0.1) is 17.9 Å². The molecule has 23 heavy (non-hydrogen) atoms. The van der Waals surface area contributed by atoms with Gasteiger partial charge in [0.15, 0.2) is 0 Å². The van der Waals surface area contributed by atoms with Crippen molar-refractivity contribution in [1.29, 1.82) is 0 Å². The van der Waals surface area contributed by atoms with Crippen LogP contribution >= 0.6 is 11.3 Å². The van der Waals surface area contributed by atoms with E-state index in [0.29, 0.717) is 23.6 Å². The van der Waals surface area contributed by atoms with Crippen LogP contribution in [0, 0.1) is 0 Å². The summed E-state index contributed by atoms with van der Waals surface area (Å²) in [5.41, 5.74) is 1.35. The number of benzene rings is 1. The van der Waals surface area contributed by atoms with Crippen LogP contribution in [-0.2, 0) is 9.59 Å². The first-order valence-electron chi connectivity index (χ1n) is 7.23. The number of imide groups is 1. The summed E-state index contributed by atoms with van der Waals surface area (Å²) < 4.78 is 5.57. The number of amides is 2. The van der Waals surface area contributed by atoms with Crippen molar-refractivity contribution >= 4 is 34.4 Å². The van der Waals surface area contributed by atoms with Crippen LogP contribution in [0.4, 0.5) is 5.69 Å². The zero-order chi connectivity index (χ0) is 16.4. The summed E-state index contributed by atoms with van der Waals surface area (Å²) in [6.07, 6.45) is 0. The van der Waals surface area contributed by atoms with Crippen molar-refractivity contribution in [2.24, 2.45) is 0 Å². The first kappa shape index (κ1) is 15.3. The minimum Gasteiger partial charge on any atom is -0.492 e. The highest BCUT2D eigenvalue weighted by Crippen LogP contribution is 2.34. The fourth-order valence-electron chi connectivity index (χ4n) is 2.39. The molecule has 0 radical (unpaired) electrons. The molecule has 5 nitrogen and oxygen atoms in total. The molecular formula is C17H16N2O3S. The number of thiophene rings is 1. The van der Waals surface area contributed by atoms with Crippen LogP contribution in [0.3, 0.4) is 0 Å². The van der Waals surface area contributed by atoms with Crippen molar-refractivity contribution < 1.29 is 14.3 Å². The van der Waals surface area contributed by atoms with Crippen molar-refractivity contribution in [1.82, 2.24) is 4.90 Å². The Kier molecular flexibility index (Phi) is 4.16. The molecule has 1 aromatic carbocycles. The number of hydrogen-bond donors (Lipinski definition) is 1. The molecular weight excluding hydrogens is 312 g/mol. The number of ether oxygens (including phenoxy) is 1. The van der Waals surface area contributed by atoms with E-state index in [1.165, 1.54) is 18.4 Å². The maximum atomic E-state index is 12.4. The van der Waals surface area contributed by atoms with E-state index in [1.54, 1.807) is 0 Å². The van der Waals surface area contributed by atoms with E-state index in [0.717, 1.165) is 9.78 Å². The minimum atomic E-state index is -0.343. The summed E-state index contributed by atoms with van der Waals surface area (Å²) in [5.74, 6) is 0.00127. The number of likely N-dealkylation sites (N-methyl/N-ethyl adjacent to an activating group) is 1. The molecule has 0 unspecified atom stereocenters. The number of anilines is 1. The average Bonchev–Trinajstić information content (AvgIpc) is 3.14. The molecule has 1 N–H and O–H groups in total. The molecule has 0 fully saturated rings. The maximum absolute atomic E-state index is 12.4. The van der Waals surface area contributed by atoms with Gasteiger partial charge >= 0.3 is 0 Å². The fraction of sp³-hybridized carbons (Fsp3) is 0.176. The zero-order valence-corrected chi connectivity index (χ0v) is 13.6. The van der Waals surface area contributed by atoms with Gasteiger partial charge in [-0.1, -0.05) is 18.2 Å². The van der Waals surface area contributed by atoms with Crippen molar-refractivity contribution in [3.05, 3.63) is 52.4 Å². The van der Waals surface area contributed by atoms with E-state index >= 15 is 0 Å². The van der Waals surface area contributed by atoms with E-state index in [9.17, 15) is 9.59 Å². The molecule has 0 aliphatic carbocycles. The highest BCUT2D eigenvalue weighted by molar-refractivity contribution is 7.11. The lowest BCUT2D eigenvalue weighted by Gasteiger charge is -2.13. The number of nitrogens with zero attached hydrogens (tertiary/aromatic N) is 1. The van der Waals surface area contributed by atoms with Gasteiger partial charge in [-0.15, -0.1) is 11.3 Å². The van der Waals surface area contributed by atoms with E-state index in [4.69, 9.17) is 4.74 Å². The second-order valence-corrected chi connectivity index (χ2v) is 5.90. The van der Waals surface area contributed by atoms with Crippen LogP contribution in [-0.4, -0.2) is 30.4 Å². The first-order valence-corrected chi connectivity index (χ1v) is 8.10. The number of para-hydroxylation sites is 2. The van der Waals surface area contributed by atoms with Crippen LogP contribution in [0.25, 0.3) is 5.57 Å². The molecule has 0 saturated heterocycles. The smallest absolute Gasteiger partial charge is 0.277 e.